The van der Waals surface area contributed by atoms with Gasteiger partial charge >= 0.3 is 0 Å². The third kappa shape index (κ3) is 3.94. The highest BCUT2D eigenvalue weighted by Gasteiger charge is 2.24. The molecule has 6 nitrogen and oxygen atoms in total. The monoisotopic (exact) mass is 333 g/mol. The molecule has 1 aromatic carbocycles. The molecule has 1 aliphatic heterocycles. The Bertz CT molecular complexity index is 583. The van der Waals surface area contributed by atoms with E-state index in [0.29, 0.717) is 5.56 Å². The summed E-state index contributed by atoms with van der Waals surface area (Å²) in [5, 5.41) is 3.21. The normalized spacial score (nSPS) is 18.1. The zero-order valence-corrected chi connectivity index (χ0v) is 13.6. The van der Waals surface area contributed by atoms with Crippen molar-refractivity contribution in [3.63, 3.8) is 0 Å². The van der Waals surface area contributed by atoms with Crippen LogP contribution >= 0.6 is 12.4 Å². The van der Waals surface area contributed by atoms with Crippen LogP contribution in [0.15, 0.2) is 29.2 Å². The number of nitrogens with one attached hydrogen (secondary N) is 2. The van der Waals surface area contributed by atoms with Crippen LogP contribution in [0, 0.1) is 0 Å². The van der Waals surface area contributed by atoms with E-state index >= 15 is 0 Å². The fraction of sp³-hybridized carbons (Fsp3) is 0.462. The Labute approximate surface area is 131 Å². The molecule has 0 saturated carbocycles. The second-order valence-electron chi connectivity index (χ2n) is 4.79. The summed E-state index contributed by atoms with van der Waals surface area (Å²) in [5.74, 6) is -0.0906. The van der Waals surface area contributed by atoms with Crippen LogP contribution in [0.25, 0.3) is 0 Å². The highest BCUT2D eigenvalue weighted by molar-refractivity contribution is 7.89. The SMILES string of the molecule is CNS(=O)(=O)c1ccc(C(=O)N(C)C2CCNC2)cc1.Cl. The first-order chi connectivity index (χ1) is 9.45. The Balaban J connectivity index is 0.00000220. The lowest BCUT2D eigenvalue weighted by molar-refractivity contribution is 0.0743. The Morgan fingerprint density at radius 1 is 1.33 bits per heavy atom. The van der Waals surface area contributed by atoms with Crippen molar-refractivity contribution in [1.82, 2.24) is 14.9 Å². The van der Waals surface area contributed by atoms with Crippen molar-refractivity contribution in [3.05, 3.63) is 29.8 Å². The van der Waals surface area contributed by atoms with Gasteiger partial charge in [-0.2, -0.15) is 0 Å². The van der Waals surface area contributed by atoms with Crippen LogP contribution in [0.3, 0.4) is 0 Å². The van der Waals surface area contributed by atoms with Gasteiger partial charge < -0.3 is 10.2 Å². The van der Waals surface area contributed by atoms with E-state index in [9.17, 15) is 13.2 Å². The minimum Gasteiger partial charge on any atom is -0.337 e. The molecule has 21 heavy (non-hydrogen) atoms. The first-order valence-electron chi connectivity index (χ1n) is 6.47. The predicted octanol–water partition coefficient (Wildman–Crippen LogP) is 0.450. The molecular weight excluding hydrogens is 314 g/mol. The van der Waals surface area contributed by atoms with Crippen molar-refractivity contribution in [2.45, 2.75) is 17.4 Å². The first kappa shape index (κ1) is 17.9. The van der Waals surface area contributed by atoms with E-state index in [1.54, 1.807) is 24.1 Å². The molecule has 1 fully saturated rings. The first-order valence-corrected chi connectivity index (χ1v) is 7.95. The minimum absolute atomic E-state index is 0. The number of rotatable bonds is 4. The Morgan fingerprint density at radius 2 is 1.95 bits per heavy atom. The van der Waals surface area contributed by atoms with E-state index in [2.05, 4.69) is 10.0 Å². The molecule has 1 amide bonds. The molecule has 1 saturated heterocycles. The molecule has 0 bridgehead atoms. The van der Waals surface area contributed by atoms with E-state index < -0.39 is 10.0 Å². The number of likely N-dealkylation sites (N-methyl/N-ethyl adjacent to an activating group) is 1. The lowest BCUT2D eigenvalue weighted by atomic mass is 10.1. The van der Waals surface area contributed by atoms with Crippen LogP contribution in [0.5, 0.6) is 0 Å². The number of benzene rings is 1. The largest absolute Gasteiger partial charge is 0.337 e. The van der Waals surface area contributed by atoms with Crippen molar-refractivity contribution in [3.8, 4) is 0 Å². The average Bonchev–Trinajstić information content (AvgIpc) is 3.00. The number of carbonyl (C=O) groups is 1. The summed E-state index contributed by atoms with van der Waals surface area (Å²) < 4.78 is 25.5. The van der Waals surface area contributed by atoms with Gasteiger partial charge in [-0.05, 0) is 44.3 Å². The second kappa shape index (κ2) is 7.22. The molecule has 2 rings (SSSR count). The molecule has 1 atom stereocenters. The van der Waals surface area contributed by atoms with Crippen molar-refractivity contribution < 1.29 is 13.2 Å². The van der Waals surface area contributed by atoms with Gasteiger partial charge in [0.2, 0.25) is 10.0 Å². The Hall–Kier alpha value is -1.15. The quantitative estimate of drug-likeness (QED) is 0.838. The zero-order valence-electron chi connectivity index (χ0n) is 12.0. The van der Waals surface area contributed by atoms with Gasteiger partial charge in [-0.1, -0.05) is 0 Å². The summed E-state index contributed by atoms with van der Waals surface area (Å²) in [4.78, 5) is 14.2. The van der Waals surface area contributed by atoms with Gasteiger partial charge in [0.1, 0.15) is 0 Å². The van der Waals surface area contributed by atoms with Crippen LogP contribution in [-0.2, 0) is 10.0 Å². The molecular formula is C13H20ClN3O3S. The van der Waals surface area contributed by atoms with E-state index in [1.165, 1.54) is 19.2 Å². The highest BCUT2D eigenvalue weighted by atomic mass is 35.5. The molecule has 1 unspecified atom stereocenters. The van der Waals surface area contributed by atoms with Crippen LogP contribution in [0.1, 0.15) is 16.8 Å². The summed E-state index contributed by atoms with van der Waals surface area (Å²) in [7, 11) is -0.329. The highest BCUT2D eigenvalue weighted by Crippen LogP contribution is 2.14. The third-order valence-electron chi connectivity index (χ3n) is 3.58. The number of amides is 1. The number of nitrogens with zero attached hydrogens (tertiary/aromatic N) is 1. The molecule has 2 N–H and O–H groups in total. The van der Waals surface area contributed by atoms with Gasteiger partial charge in [0.25, 0.3) is 5.91 Å². The van der Waals surface area contributed by atoms with Crippen molar-refractivity contribution in [1.29, 1.82) is 0 Å². The molecule has 0 radical (unpaired) electrons. The molecule has 0 aliphatic carbocycles. The van der Waals surface area contributed by atoms with Gasteiger partial charge in [0.05, 0.1) is 4.90 Å². The maximum absolute atomic E-state index is 12.3. The molecule has 1 heterocycles. The van der Waals surface area contributed by atoms with Gasteiger partial charge in [0, 0.05) is 25.2 Å². The number of carbonyl (C=O) groups excluding carboxylic acids is 1. The molecule has 118 valence electrons. The van der Waals surface area contributed by atoms with Crippen LogP contribution < -0.4 is 10.0 Å². The fourth-order valence-electron chi connectivity index (χ4n) is 2.23. The number of hydrogen-bond donors (Lipinski definition) is 2. The third-order valence-corrected chi connectivity index (χ3v) is 5.01. The van der Waals surface area contributed by atoms with Gasteiger partial charge in [-0.3, -0.25) is 4.79 Å². The standard InChI is InChI=1S/C13H19N3O3S.ClH/c1-14-20(18,19)12-5-3-10(4-6-12)13(17)16(2)11-7-8-15-9-11;/h3-6,11,14-15H,7-9H2,1-2H3;1H. The van der Waals surface area contributed by atoms with Gasteiger partial charge in [-0.25, -0.2) is 13.1 Å². The Morgan fingerprint density at radius 3 is 2.43 bits per heavy atom. The summed E-state index contributed by atoms with van der Waals surface area (Å²) in [6, 6.07) is 6.18. The van der Waals surface area contributed by atoms with Crippen molar-refractivity contribution in [2.75, 3.05) is 27.2 Å². The molecule has 0 spiro atoms. The maximum Gasteiger partial charge on any atom is 0.253 e. The summed E-state index contributed by atoms with van der Waals surface area (Å²) in [6.07, 6.45) is 0.939. The van der Waals surface area contributed by atoms with Crippen LogP contribution in [-0.4, -0.2) is 52.5 Å². The molecule has 0 aromatic heterocycles. The average molecular weight is 334 g/mol. The summed E-state index contributed by atoms with van der Waals surface area (Å²) in [5.41, 5.74) is 0.495. The fourth-order valence-corrected chi connectivity index (χ4v) is 2.96. The summed E-state index contributed by atoms with van der Waals surface area (Å²) >= 11 is 0. The lowest BCUT2D eigenvalue weighted by Gasteiger charge is -2.23. The predicted molar refractivity (Wildman–Crippen MR) is 83.3 cm³/mol. The van der Waals surface area contributed by atoms with Gasteiger partial charge in [-0.15, -0.1) is 12.4 Å². The molecule has 1 aromatic rings. The molecule has 8 heteroatoms. The molecule has 1 aliphatic rings. The number of sulfonamides is 1. The zero-order chi connectivity index (χ0) is 14.8. The van der Waals surface area contributed by atoms with Crippen LogP contribution in [0.2, 0.25) is 0 Å². The minimum atomic E-state index is -3.46. The summed E-state index contributed by atoms with van der Waals surface area (Å²) in [6.45, 7) is 1.72. The van der Waals surface area contributed by atoms with Gasteiger partial charge in [0.15, 0.2) is 0 Å². The van der Waals surface area contributed by atoms with E-state index in [0.717, 1.165) is 19.5 Å². The van der Waals surface area contributed by atoms with Crippen molar-refractivity contribution >= 4 is 28.3 Å². The Kier molecular flexibility index (Phi) is 6.15. The van der Waals surface area contributed by atoms with E-state index in [4.69, 9.17) is 0 Å². The lowest BCUT2D eigenvalue weighted by Crippen LogP contribution is -2.38. The van der Waals surface area contributed by atoms with Crippen LogP contribution in [0.4, 0.5) is 0 Å². The topological polar surface area (TPSA) is 78.5 Å². The second-order valence-corrected chi connectivity index (χ2v) is 6.68. The smallest absolute Gasteiger partial charge is 0.253 e. The van der Waals surface area contributed by atoms with E-state index in [-0.39, 0.29) is 29.3 Å². The number of hydrogen-bond acceptors (Lipinski definition) is 4. The van der Waals surface area contributed by atoms with Crippen molar-refractivity contribution in [2.24, 2.45) is 0 Å². The number of halogens is 1. The van der Waals surface area contributed by atoms with E-state index in [1.807, 2.05) is 0 Å². The maximum atomic E-state index is 12.3.